The summed E-state index contributed by atoms with van der Waals surface area (Å²) in [5.41, 5.74) is 1.50. The van der Waals surface area contributed by atoms with Crippen LogP contribution in [0.4, 0.5) is 13.2 Å². The molecule has 2 rings (SSSR count). The van der Waals surface area contributed by atoms with Crippen molar-refractivity contribution in [1.29, 1.82) is 0 Å². The molecule has 0 saturated heterocycles. The van der Waals surface area contributed by atoms with Crippen LogP contribution < -0.4 is 0 Å². The Bertz CT molecular complexity index is 462. The lowest BCUT2D eigenvalue weighted by Crippen LogP contribution is -2.18. The van der Waals surface area contributed by atoms with Crippen LogP contribution in [0.5, 0.6) is 0 Å². The third kappa shape index (κ3) is 3.42. The number of nitrogens with zero attached hydrogens (tertiary/aromatic N) is 2. The van der Waals surface area contributed by atoms with Gasteiger partial charge in [0.1, 0.15) is 12.4 Å². The number of halogens is 3. The third-order valence-electron chi connectivity index (χ3n) is 2.08. The molecule has 92 valence electrons. The topological polar surface area (TPSA) is 50.8 Å². The lowest BCUT2D eigenvalue weighted by molar-refractivity contribution is -0.173. The smallest absolute Gasteiger partial charge is 0.372 e. The maximum atomic E-state index is 11.8. The van der Waals surface area contributed by atoms with Crippen molar-refractivity contribution >= 4 is 11.0 Å². The summed E-state index contributed by atoms with van der Waals surface area (Å²) in [5, 5.41) is 0. The number of aromatic amines is 1. The molecule has 2 heterocycles. The highest BCUT2D eigenvalue weighted by molar-refractivity contribution is 5.73. The molecule has 17 heavy (non-hydrogen) atoms. The Morgan fingerprint density at radius 2 is 2.18 bits per heavy atom. The number of alkyl halides is 3. The molecule has 0 atom stereocenters. The second-order valence-electron chi connectivity index (χ2n) is 3.49. The van der Waals surface area contributed by atoms with Gasteiger partial charge in [-0.3, -0.25) is 4.98 Å². The third-order valence-corrected chi connectivity index (χ3v) is 2.08. The highest BCUT2D eigenvalue weighted by Crippen LogP contribution is 2.14. The molecule has 7 heteroatoms. The first-order chi connectivity index (χ1) is 8.04. The lowest BCUT2D eigenvalue weighted by Gasteiger charge is -2.06. The van der Waals surface area contributed by atoms with Crippen molar-refractivity contribution in [3.8, 4) is 0 Å². The van der Waals surface area contributed by atoms with Crippen LogP contribution in [-0.4, -0.2) is 34.3 Å². The van der Waals surface area contributed by atoms with E-state index in [4.69, 9.17) is 0 Å². The van der Waals surface area contributed by atoms with Crippen LogP contribution in [0.15, 0.2) is 18.5 Å². The molecule has 0 saturated carbocycles. The van der Waals surface area contributed by atoms with E-state index in [1.807, 2.05) is 0 Å². The normalized spacial score (nSPS) is 12.2. The fourth-order valence-corrected chi connectivity index (χ4v) is 1.38. The van der Waals surface area contributed by atoms with Gasteiger partial charge >= 0.3 is 6.18 Å². The molecule has 0 aliphatic heterocycles. The second kappa shape index (κ2) is 4.70. The van der Waals surface area contributed by atoms with E-state index in [0.717, 1.165) is 11.0 Å². The monoisotopic (exact) mass is 245 g/mol. The Morgan fingerprint density at radius 3 is 2.88 bits per heavy atom. The van der Waals surface area contributed by atoms with Crippen LogP contribution >= 0.6 is 0 Å². The van der Waals surface area contributed by atoms with Crippen LogP contribution in [0.25, 0.3) is 11.0 Å². The molecule has 0 aliphatic carbocycles. The van der Waals surface area contributed by atoms with Gasteiger partial charge in [-0.2, -0.15) is 13.2 Å². The molecule has 1 N–H and O–H groups in total. The van der Waals surface area contributed by atoms with E-state index in [1.54, 1.807) is 18.5 Å². The maximum absolute atomic E-state index is 11.8. The van der Waals surface area contributed by atoms with Crippen LogP contribution in [0.2, 0.25) is 0 Å². The zero-order valence-electron chi connectivity index (χ0n) is 8.79. The Hall–Kier alpha value is -1.63. The van der Waals surface area contributed by atoms with Crippen molar-refractivity contribution < 1.29 is 17.9 Å². The minimum absolute atomic E-state index is 0.0211. The largest absolute Gasteiger partial charge is 0.411 e. The predicted molar refractivity (Wildman–Crippen MR) is 54.5 cm³/mol. The number of pyridine rings is 1. The quantitative estimate of drug-likeness (QED) is 0.839. The van der Waals surface area contributed by atoms with Crippen LogP contribution in [0, 0.1) is 0 Å². The van der Waals surface area contributed by atoms with Gasteiger partial charge < -0.3 is 9.72 Å². The zero-order valence-corrected chi connectivity index (χ0v) is 8.79. The number of imidazole rings is 1. The van der Waals surface area contributed by atoms with Gasteiger partial charge in [0, 0.05) is 12.6 Å². The fraction of sp³-hybridized carbons (Fsp3) is 0.400. The summed E-state index contributed by atoms with van der Waals surface area (Å²) < 4.78 is 39.9. The summed E-state index contributed by atoms with van der Waals surface area (Å²) in [6.07, 6.45) is -0.752. The van der Waals surface area contributed by atoms with E-state index in [9.17, 15) is 13.2 Å². The Morgan fingerprint density at radius 1 is 1.35 bits per heavy atom. The van der Waals surface area contributed by atoms with Crippen molar-refractivity contribution in [2.75, 3.05) is 13.2 Å². The zero-order chi connectivity index (χ0) is 12.3. The van der Waals surface area contributed by atoms with E-state index in [0.29, 0.717) is 12.2 Å². The molecular weight excluding hydrogens is 235 g/mol. The van der Waals surface area contributed by atoms with Crippen LogP contribution in [0.1, 0.15) is 5.82 Å². The molecular formula is C10H10F3N3O. The standard InChI is InChI=1S/C10H10F3N3O/c11-10(12,13)6-17-4-2-9-15-7-1-3-14-5-8(7)16-9/h1,3,5H,2,4,6H2,(H,15,16). The van der Waals surface area contributed by atoms with Crippen molar-refractivity contribution in [3.63, 3.8) is 0 Å². The van der Waals surface area contributed by atoms with Gasteiger partial charge in [-0.05, 0) is 6.07 Å². The molecule has 0 radical (unpaired) electrons. The summed E-state index contributed by atoms with van der Waals surface area (Å²) in [4.78, 5) is 11.1. The first-order valence-corrected chi connectivity index (χ1v) is 4.98. The van der Waals surface area contributed by atoms with Gasteiger partial charge in [0.05, 0.1) is 23.8 Å². The molecule has 0 amide bonds. The Kier molecular flexibility index (Phi) is 3.28. The molecule has 0 unspecified atom stereocenters. The van der Waals surface area contributed by atoms with E-state index < -0.39 is 12.8 Å². The molecule has 4 nitrogen and oxygen atoms in total. The summed E-state index contributed by atoms with van der Waals surface area (Å²) in [5.74, 6) is 0.593. The number of aromatic nitrogens is 3. The van der Waals surface area contributed by atoms with Gasteiger partial charge in [-0.15, -0.1) is 0 Å². The van der Waals surface area contributed by atoms with Crippen LogP contribution in [0.3, 0.4) is 0 Å². The first kappa shape index (κ1) is 11.8. The summed E-state index contributed by atoms with van der Waals surface area (Å²) in [6.45, 7) is -1.25. The summed E-state index contributed by atoms with van der Waals surface area (Å²) >= 11 is 0. The minimum atomic E-state index is -4.28. The molecule has 0 aromatic carbocycles. The second-order valence-corrected chi connectivity index (χ2v) is 3.49. The average Bonchev–Trinajstić information content (AvgIpc) is 2.65. The molecule has 0 spiro atoms. The number of fused-ring (bicyclic) bond motifs is 1. The first-order valence-electron chi connectivity index (χ1n) is 4.98. The summed E-state index contributed by atoms with van der Waals surface area (Å²) in [7, 11) is 0. The number of hydrogen-bond donors (Lipinski definition) is 1. The predicted octanol–water partition coefficient (Wildman–Crippen LogP) is 2.08. The van der Waals surface area contributed by atoms with Crippen molar-refractivity contribution in [3.05, 3.63) is 24.3 Å². The number of H-pyrrole nitrogens is 1. The maximum Gasteiger partial charge on any atom is 0.411 e. The van der Waals surface area contributed by atoms with Crippen molar-refractivity contribution in [2.24, 2.45) is 0 Å². The van der Waals surface area contributed by atoms with Crippen LogP contribution in [-0.2, 0) is 11.2 Å². The number of ether oxygens (including phenoxy) is 1. The summed E-state index contributed by atoms with van der Waals surface area (Å²) in [6, 6.07) is 1.73. The SMILES string of the molecule is FC(F)(F)COCCc1nc2ccncc2[nH]1. The average molecular weight is 245 g/mol. The lowest BCUT2D eigenvalue weighted by atomic mass is 10.4. The van der Waals surface area contributed by atoms with E-state index in [-0.39, 0.29) is 6.61 Å². The van der Waals surface area contributed by atoms with E-state index >= 15 is 0 Å². The van der Waals surface area contributed by atoms with E-state index in [2.05, 4.69) is 19.7 Å². The molecule has 2 aromatic rings. The van der Waals surface area contributed by atoms with Gasteiger partial charge in [0.2, 0.25) is 0 Å². The number of nitrogens with one attached hydrogen (secondary N) is 1. The number of hydrogen-bond acceptors (Lipinski definition) is 3. The van der Waals surface area contributed by atoms with Crippen molar-refractivity contribution in [1.82, 2.24) is 15.0 Å². The minimum Gasteiger partial charge on any atom is -0.372 e. The van der Waals surface area contributed by atoms with Crippen molar-refractivity contribution in [2.45, 2.75) is 12.6 Å². The van der Waals surface area contributed by atoms with Gasteiger partial charge in [0.25, 0.3) is 0 Å². The molecule has 2 aromatic heterocycles. The molecule has 0 aliphatic rings. The Labute approximate surface area is 94.8 Å². The highest BCUT2D eigenvalue weighted by Gasteiger charge is 2.27. The molecule has 0 fully saturated rings. The number of rotatable bonds is 4. The van der Waals surface area contributed by atoms with Gasteiger partial charge in [0.15, 0.2) is 0 Å². The van der Waals surface area contributed by atoms with Gasteiger partial charge in [-0.25, -0.2) is 4.98 Å². The molecule has 0 bridgehead atoms. The van der Waals surface area contributed by atoms with E-state index in [1.165, 1.54) is 0 Å². The fourth-order valence-electron chi connectivity index (χ4n) is 1.38. The highest BCUT2D eigenvalue weighted by atomic mass is 19.4. The van der Waals surface area contributed by atoms with Gasteiger partial charge in [-0.1, -0.05) is 0 Å². The Balaban J connectivity index is 1.87.